The van der Waals surface area contributed by atoms with Gasteiger partial charge in [0.25, 0.3) is 5.91 Å². The minimum Gasteiger partial charge on any atom is -0.379 e. The van der Waals surface area contributed by atoms with Gasteiger partial charge in [-0.3, -0.25) is 9.69 Å². The lowest BCUT2D eigenvalue weighted by molar-refractivity contribution is 0.0341. The number of nitrogens with zero attached hydrogens (tertiary/aromatic N) is 3. The number of hydrogen-bond donors (Lipinski definition) is 1. The third-order valence-corrected chi connectivity index (χ3v) is 5.68. The van der Waals surface area contributed by atoms with Gasteiger partial charge in [0.05, 0.1) is 19.8 Å². The van der Waals surface area contributed by atoms with Gasteiger partial charge in [-0.25, -0.2) is 4.98 Å². The number of anilines is 2. The highest BCUT2D eigenvalue weighted by Crippen LogP contribution is 2.22. The van der Waals surface area contributed by atoms with E-state index in [1.54, 1.807) is 11.3 Å². The Morgan fingerprint density at radius 1 is 1.12 bits per heavy atom. The molecule has 1 aromatic heterocycles. The molecule has 2 saturated heterocycles. The van der Waals surface area contributed by atoms with Crippen molar-refractivity contribution in [3.8, 4) is 0 Å². The summed E-state index contributed by atoms with van der Waals surface area (Å²) in [4.78, 5) is 21.6. The summed E-state index contributed by atoms with van der Waals surface area (Å²) in [7, 11) is 0. The average Bonchev–Trinajstić information content (AvgIpc) is 3.35. The van der Waals surface area contributed by atoms with Crippen molar-refractivity contribution < 1.29 is 9.53 Å². The summed E-state index contributed by atoms with van der Waals surface area (Å²) in [5, 5.41) is 5.76. The fourth-order valence-corrected chi connectivity index (χ4v) is 4.18. The SMILES string of the molecule is O=C(Nc1ccc(N2CCCC2)cc1)c1csc(CN2CCOCC2)n1. The maximum absolute atomic E-state index is 12.4. The molecule has 0 bridgehead atoms. The lowest BCUT2D eigenvalue weighted by Crippen LogP contribution is -2.35. The third kappa shape index (κ3) is 4.23. The van der Waals surface area contributed by atoms with E-state index in [4.69, 9.17) is 4.74 Å². The largest absolute Gasteiger partial charge is 0.379 e. The summed E-state index contributed by atoms with van der Waals surface area (Å²) >= 11 is 1.54. The van der Waals surface area contributed by atoms with Crippen LogP contribution in [0.4, 0.5) is 11.4 Å². The van der Waals surface area contributed by atoms with Gasteiger partial charge in [0, 0.05) is 42.9 Å². The molecular formula is C19H24N4O2S. The monoisotopic (exact) mass is 372 g/mol. The van der Waals surface area contributed by atoms with E-state index in [0.29, 0.717) is 5.69 Å². The molecule has 2 aromatic rings. The first-order valence-corrected chi connectivity index (χ1v) is 10.1. The molecule has 0 unspecified atom stereocenters. The Labute approximate surface area is 157 Å². The van der Waals surface area contributed by atoms with E-state index in [-0.39, 0.29) is 5.91 Å². The Kier molecular flexibility index (Phi) is 5.48. The molecule has 2 aliphatic rings. The number of ether oxygens (including phenoxy) is 1. The molecule has 0 radical (unpaired) electrons. The van der Waals surface area contributed by atoms with Gasteiger partial charge in [-0.05, 0) is 37.1 Å². The van der Waals surface area contributed by atoms with Gasteiger partial charge < -0.3 is 15.0 Å². The van der Waals surface area contributed by atoms with E-state index in [2.05, 4.69) is 32.2 Å². The normalized spacial score (nSPS) is 18.2. The fraction of sp³-hybridized carbons (Fsp3) is 0.474. The number of morpholine rings is 1. The first kappa shape index (κ1) is 17.5. The second-order valence-corrected chi connectivity index (χ2v) is 7.65. The number of rotatable bonds is 5. The van der Waals surface area contributed by atoms with Crippen LogP contribution in [-0.4, -0.2) is 55.2 Å². The molecule has 2 aliphatic heterocycles. The van der Waals surface area contributed by atoms with Crippen LogP contribution < -0.4 is 10.2 Å². The lowest BCUT2D eigenvalue weighted by Gasteiger charge is -2.25. The highest BCUT2D eigenvalue weighted by molar-refractivity contribution is 7.09. The molecule has 6 nitrogen and oxygen atoms in total. The maximum Gasteiger partial charge on any atom is 0.275 e. The zero-order valence-corrected chi connectivity index (χ0v) is 15.6. The van der Waals surface area contributed by atoms with Crippen LogP contribution in [0.1, 0.15) is 28.3 Å². The molecular weight excluding hydrogens is 348 g/mol. The van der Waals surface area contributed by atoms with Crippen LogP contribution in [0, 0.1) is 0 Å². The van der Waals surface area contributed by atoms with Gasteiger partial charge >= 0.3 is 0 Å². The van der Waals surface area contributed by atoms with Crippen molar-refractivity contribution >= 4 is 28.6 Å². The van der Waals surface area contributed by atoms with Gasteiger partial charge in [-0.2, -0.15) is 0 Å². The summed E-state index contributed by atoms with van der Waals surface area (Å²) in [6, 6.07) is 8.08. The van der Waals surface area contributed by atoms with Crippen LogP contribution in [0.15, 0.2) is 29.6 Å². The van der Waals surface area contributed by atoms with Crippen molar-refractivity contribution in [3.63, 3.8) is 0 Å². The smallest absolute Gasteiger partial charge is 0.275 e. The molecule has 7 heteroatoms. The van der Waals surface area contributed by atoms with Gasteiger partial charge in [0.2, 0.25) is 0 Å². The number of carbonyl (C=O) groups is 1. The van der Waals surface area contributed by atoms with E-state index in [1.807, 2.05) is 17.5 Å². The highest BCUT2D eigenvalue weighted by atomic mass is 32.1. The van der Waals surface area contributed by atoms with Crippen molar-refractivity contribution in [2.24, 2.45) is 0 Å². The number of benzene rings is 1. The number of thiazole rings is 1. The minimum atomic E-state index is -0.150. The standard InChI is InChI=1S/C19H24N4O2S/c24-19(17-14-26-18(21-17)13-22-9-11-25-12-10-22)20-15-3-5-16(6-4-15)23-7-1-2-8-23/h3-6,14H,1-2,7-13H2,(H,20,24). The topological polar surface area (TPSA) is 57.7 Å². The van der Waals surface area contributed by atoms with Gasteiger partial charge in [0.1, 0.15) is 10.7 Å². The van der Waals surface area contributed by atoms with E-state index < -0.39 is 0 Å². The number of amides is 1. The molecule has 1 aromatic carbocycles. The van der Waals surface area contributed by atoms with Crippen LogP contribution in [-0.2, 0) is 11.3 Å². The molecule has 2 fully saturated rings. The molecule has 26 heavy (non-hydrogen) atoms. The van der Waals surface area contributed by atoms with E-state index in [9.17, 15) is 4.79 Å². The Bertz CT molecular complexity index is 734. The van der Waals surface area contributed by atoms with Crippen LogP contribution in [0.5, 0.6) is 0 Å². The number of nitrogens with one attached hydrogen (secondary N) is 1. The summed E-state index contributed by atoms with van der Waals surface area (Å²) in [5.74, 6) is -0.150. The van der Waals surface area contributed by atoms with Crippen LogP contribution in [0.3, 0.4) is 0 Å². The minimum absolute atomic E-state index is 0.150. The summed E-state index contributed by atoms with van der Waals surface area (Å²) in [6.07, 6.45) is 2.52. The quantitative estimate of drug-likeness (QED) is 0.875. The average molecular weight is 372 g/mol. The Balaban J connectivity index is 1.34. The van der Waals surface area contributed by atoms with Crippen molar-refractivity contribution in [1.82, 2.24) is 9.88 Å². The summed E-state index contributed by atoms with van der Waals surface area (Å²) < 4.78 is 5.36. The second-order valence-electron chi connectivity index (χ2n) is 6.71. The first-order chi connectivity index (χ1) is 12.8. The van der Waals surface area contributed by atoms with E-state index in [1.165, 1.54) is 18.5 Å². The third-order valence-electron chi connectivity index (χ3n) is 4.84. The van der Waals surface area contributed by atoms with Crippen LogP contribution >= 0.6 is 11.3 Å². The summed E-state index contributed by atoms with van der Waals surface area (Å²) in [6.45, 7) is 6.41. The van der Waals surface area contributed by atoms with Crippen molar-refractivity contribution in [2.45, 2.75) is 19.4 Å². The van der Waals surface area contributed by atoms with Crippen LogP contribution in [0.25, 0.3) is 0 Å². The van der Waals surface area contributed by atoms with Crippen molar-refractivity contribution in [3.05, 3.63) is 40.3 Å². The molecule has 0 saturated carbocycles. The number of hydrogen-bond acceptors (Lipinski definition) is 6. The molecule has 0 spiro atoms. The highest BCUT2D eigenvalue weighted by Gasteiger charge is 2.16. The fourth-order valence-electron chi connectivity index (χ4n) is 3.36. The Hall–Kier alpha value is -1.96. The Morgan fingerprint density at radius 3 is 2.58 bits per heavy atom. The van der Waals surface area contributed by atoms with Crippen molar-refractivity contribution in [1.29, 1.82) is 0 Å². The molecule has 1 N–H and O–H groups in total. The molecule has 138 valence electrons. The molecule has 3 heterocycles. The molecule has 1 amide bonds. The second kappa shape index (κ2) is 8.16. The van der Waals surface area contributed by atoms with Crippen LogP contribution in [0.2, 0.25) is 0 Å². The first-order valence-electron chi connectivity index (χ1n) is 9.19. The lowest BCUT2D eigenvalue weighted by atomic mass is 10.2. The zero-order valence-electron chi connectivity index (χ0n) is 14.8. The van der Waals surface area contributed by atoms with Gasteiger partial charge in [0.15, 0.2) is 0 Å². The zero-order chi connectivity index (χ0) is 17.8. The van der Waals surface area contributed by atoms with Gasteiger partial charge in [-0.15, -0.1) is 11.3 Å². The van der Waals surface area contributed by atoms with Crippen molar-refractivity contribution in [2.75, 3.05) is 49.6 Å². The number of carbonyl (C=O) groups excluding carboxylic acids is 1. The molecule has 0 aliphatic carbocycles. The molecule has 0 atom stereocenters. The van der Waals surface area contributed by atoms with E-state index in [0.717, 1.165) is 56.6 Å². The molecule has 4 rings (SSSR count). The maximum atomic E-state index is 12.4. The predicted molar refractivity (Wildman–Crippen MR) is 104 cm³/mol. The van der Waals surface area contributed by atoms with E-state index >= 15 is 0 Å². The Morgan fingerprint density at radius 2 is 1.85 bits per heavy atom. The summed E-state index contributed by atoms with van der Waals surface area (Å²) in [5.41, 5.74) is 2.52. The predicted octanol–water partition coefficient (Wildman–Crippen LogP) is 2.83. The van der Waals surface area contributed by atoms with Gasteiger partial charge in [-0.1, -0.05) is 0 Å². The number of aromatic nitrogens is 1.